The summed E-state index contributed by atoms with van der Waals surface area (Å²) in [5.74, 6) is -1.32. The molecule has 0 spiro atoms. The molecule has 0 aliphatic carbocycles. The van der Waals surface area contributed by atoms with Gasteiger partial charge in [0.05, 0.1) is 12.5 Å². The number of aryl methyl sites for hydroxylation is 1. The lowest BCUT2D eigenvalue weighted by Crippen LogP contribution is -2.29. The van der Waals surface area contributed by atoms with Crippen molar-refractivity contribution in [1.29, 1.82) is 0 Å². The second kappa shape index (κ2) is 9.73. The first kappa shape index (κ1) is 20.5. The minimum atomic E-state index is -0.588. The standard InChI is InChI=1S/C20H21ClN2O4/c1-13-8-9-16(10-17(13)21)23-19(25)12-27-20(26)11-18(22-14(2)24)15-6-4-3-5-7-15/h3-10,18H,11-12H2,1-2H3,(H,22,24)(H,23,25)/t18-/m0/s1. The lowest BCUT2D eigenvalue weighted by atomic mass is 10.0. The summed E-state index contributed by atoms with van der Waals surface area (Å²) in [7, 11) is 0. The number of carbonyl (C=O) groups excluding carboxylic acids is 3. The van der Waals surface area contributed by atoms with E-state index in [0.29, 0.717) is 10.7 Å². The van der Waals surface area contributed by atoms with Gasteiger partial charge in [-0.3, -0.25) is 14.4 Å². The molecule has 0 aromatic heterocycles. The number of benzene rings is 2. The number of hydrogen-bond acceptors (Lipinski definition) is 4. The van der Waals surface area contributed by atoms with Gasteiger partial charge < -0.3 is 15.4 Å². The Labute approximate surface area is 162 Å². The number of esters is 1. The zero-order valence-corrected chi connectivity index (χ0v) is 15.9. The van der Waals surface area contributed by atoms with Gasteiger partial charge in [-0.15, -0.1) is 0 Å². The van der Waals surface area contributed by atoms with Gasteiger partial charge >= 0.3 is 5.97 Å². The van der Waals surface area contributed by atoms with Crippen LogP contribution in [-0.4, -0.2) is 24.4 Å². The fourth-order valence-electron chi connectivity index (χ4n) is 2.42. The topological polar surface area (TPSA) is 84.5 Å². The van der Waals surface area contributed by atoms with Crippen molar-refractivity contribution in [2.24, 2.45) is 0 Å². The maximum Gasteiger partial charge on any atom is 0.308 e. The number of amides is 2. The third-order valence-electron chi connectivity index (χ3n) is 3.77. The molecular weight excluding hydrogens is 368 g/mol. The van der Waals surface area contributed by atoms with Gasteiger partial charge in [-0.2, -0.15) is 0 Å². The zero-order chi connectivity index (χ0) is 19.8. The normalized spacial score (nSPS) is 11.4. The van der Waals surface area contributed by atoms with Crippen LogP contribution in [0.1, 0.15) is 30.5 Å². The smallest absolute Gasteiger partial charge is 0.308 e. The van der Waals surface area contributed by atoms with Gasteiger partial charge in [0.25, 0.3) is 5.91 Å². The summed E-state index contributed by atoms with van der Waals surface area (Å²) in [4.78, 5) is 35.4. The van der Waals surface area contributed by atoms with E-state index in [1.165, 1.54) is 6.92 Å². The summed E-state index contributed by atoms with van der Waals surface area (Å²) < 4.78 is 5.03. The Bertz CT molecular complexity index is 824. The molecule has 2 rings (SSSR count). The van der Waals surface area contributed by atoms with E-state index >= 15 is 0 Å². The van der Waals surface area contributed by atoms with Gasteiger partial charge in [0.2, 0.25) is 5.91 Å². The van der Waals surface area contributed by atoms with Crippen molar-refractivity contribution in [2.75, 3.05) is 11.9 Å². The van der Waals surface area contributed by atoms with Gasteiger partial charge in [-0.1, -0.05) is 48.0 Å². The predicted molar refractivity (Wildman–Crippen MR) is 103 cm³/mol. The van der Waals surface area contributed by atoms with E-state index in [2.05, 4.69) is 10.6 Å². The van der Waals surface area contributed by atoms with E-state index in [1.807, 2.05) is 37.3 Å². The molecule has 7 heteroatoms. The van der Waals surface area contributed by atoms with Crippen LogP contribution in [0.4, 0.5) is 5.69 Å². The number of ether oxygens (including phenoxy) is 1. The van der Waals surface area contributed by atoms with Crippen LogP contribution < -0.4 is 10.6 Å². The van der Waals surface area contributed by atoms with Crippen LogP contribution in [0, 0.1) is 6.92 Å². The zero-order valence-electron chi connectivity index (χ0n) is 15.1. The molecule has 2 aromatic rings. The molecular formula is C20H21ClN2O4. The Kier molecular flexibility index (Phi) is 7.37. The monoisotopic (exact) mass is 388 g/mol. The van der Waals surface area contributed by atoms with E-state index in [4.69, 9.17) is 16.3 Å². The molecule has 0 unspecified atom stereocenters. The van der Waals surface area contributed by atoms with Crippen LogP contribution in [-0.2, 0) is 19.1 Å². The van der Waals surface area contributed by atoms with Crippen molar-refractivity contribution >= 4 is 35.1 Å². The maximum atomic E-state index is 12.1. The highest BCUT2D eigenvalue weighted by molar-refractivity contribution is 6.31. The molecule has 0 aliphatic heterocycles. The number of rotatable bonds is 7. The van der Waals surface area contributed by atoms with Gasteiger partial charge in [0.1, 0.15) is 0 Å². The SMILES string of the molecule is CC(=O)N[C@@H](CC(=O)OCC(=O)Nc1ccc(C)c(Cl)c1)c1ccccc1. The van der Waals surface area contributed by atoms with E-state index < -0.39 is 24.5 Å². The molecule has 0 bridgehead atoms. The first-order valence-electron chi connectivity index (χ1n) is 8.39. The van der Waals surface area contributed by atoms with Crippen LogP contribution in [0.5, 0.6) is 0 Å². The molecule has 27 heavy (non-hydrogen) atoms. The Morgan fingerprint density at radius 3 is 2.44 bits per heavy atom. The molecule has 0 aliphatic rings. The van der Waals surface area contributed by atoms with Crippen LogP contribution in [0.15, 0.2) is 48.5 Å². The van der Waals surface area contributed by atoms with Crippen molar-refractivity contribution in [3.63, 3.8) is 0 Å². The third kappa shape index (κ3) is 6.75. The van der Waals surface area contributed by atoms with Crippen molar-refractivity contribution in [2.45, 2.75) is 26.3 Å². The van der Waals surface area contributed by atoms with Gasteiger partial charge in [-0.05, 0) is 30.2 Å². The second-order valence-corrected chi connectivity index (χ2v) is 6.45. The summed E-state index contributed by atoms with van der Waals surface area (Å²) in [6, 6.07) is 13.7. The predicted octanol–water partition coefficient (Wildman–Crippen LogP) is 3.40. The van der Waals surface area contributed by atoms with E-state index in [0.717, 1.165) is 11.1 Å². The van der Waals surface area contributed by atoms with Crippen LogP contribution >= 0.6 is 11.6 Å². The van der Waals surface area contributed by atoms with Gasteiger partial charge in [-0.25, -0.2) is 0 Å². The number of hydrogen-bond donors (Lipinski definition) is 2. The number of halogens is 1. The molecule has 0 heterocycles. The molecule has 0 saturated carbocycles. The Morgan fingerprint density at radius 1 is 1.11 bits per heavy atom. The van der Waals surface area contributed by atoms with E-state index in [-0.39, 0.29) is 12.3 Å². The molecule has 1 atom stereocenters. The van der Waals surface area contributed by atoms with Crippen LogP contribution in [0.3, 0.4) is 0 Å². The van der Waals surface area contributed by atoms with E-state index in [1.54, 1.807) is 18.2 Å². The van der Waals surface area contributed by atoms with Gasteiger partial charge in [0.15, 0.2) is 6.61 Å². The first-order chi connectivity index (χ1) is 12.8. The van der Waals surface area contributed by atoms with Crippen LogP contribution in [0.2, 0.25) is 5.02 Å². The molecule has 142 valence electrons. The highest BCUT2D eigenvalue weighted by Gasteiger charge is 2.18. The summed E-state index contributed by atoms with van der Waals surface area (Å²) in [5.41, 5.74) is 2.20. The average molecular weight is 389 g/mol. The number of carbonyl (C=O) groups is 3. The van der Waals surface area contributed by atoms with Crippen molar-refractivity contribution in [3.8, 4) is 0 Å². The van der Waals surface area contributed by atoms with Crippen molar-refractivity contribution < 1.29 is 19.1 Å². The number of anilines is 1. The molecule has 2 N–H and O–H groups in total. The van der Waals surface area contributed by atoms with E-state index in [9.17, 15) is 14.4 Å². The third-order valence-corrected chi connectivity index (χ3v) is 4.18. The average Bonchev–Trinajstić information content (AvgIpc) is 2.63. The Balaban J connectivity index is 1.88. The molecule has 0 radical (unpaired) electrons. The molecule has 2 aromatic carbocycles. The molecule has 0 saturated heterocycles. The second-order valence-electron chi connectivity index (χ2n) is 6.04. The minimum absolute atomic E-state index is 0.0762. The van der Waals surface area contributed by atoms with Crippen molar-refractivity contribution in [3.05, 3.63) is 64.7 Å². The summed E-state index contributed by atoms with van der Waals surface area (Å²) in [5, 5.41) is 5.86. The number of nitrogens with one attached hydrogen (secondary N) is 2. The quantitative estimate of drug-likeness (QED) is 0.712. The fourth-order valence-corrected chi connectivity index (χ4v) is 2.60. The maximum absolute atomic E-state index is 12.1. The largest absolute Gasteiger partial charge is 0.455 e. The Morgan fingerprint density at radius 2 is 1.81 bits per heavy atom. The van der Waals surface area contributed by atoms with Crippen LogP contribution in [0.25, 0.3) is 0 Å². The molecule has 6 nitrogen and oxygen atoms in total. The first-order valence-corrected chi connectivity index (χ1v) is 8.76. The van der Waals surface area contributed by atoms with Crippen molar-refractivity contribution in [1.82, 2.24) is 5.32 Å². The fraction of sp³-hybridized carbons (Fsp3) is 0.250. The Hall–Kier alpha value is -2.86. The highest BCUT2D eigenvalue weighted by Crippen LogP contribution is 2.20. The molecule has 0 fully saturated rings. The summed E-state index contributed by atoms with van der Waals surface area (Å²) in [6.45, 7) is 2.81. The molecule has 2 amide bonds. The summed E-state index contributed by atoms with van der Waals surface area (Å²) in [6.07, 6.45) is -0.0762. The minimum Gasteiger partial charge on any atom is -0.455 e. The summed E-state index contributed by atoms with van der Waals surface area (Å²) >= 11 is 6.01. The van der Waals surface area contributed by atoms with Gasteiger partial charge in [0, 0.05) is 17.6 Å². The lowest BCUT2D eigenvalue weighted by molar-refractivity contribution is -0.148. The highest BCUT2D eigenvalue weighted by atomic mass is 35.5. The lowest BCUT2D eigenvalue weighted by Gasteiger charge is -2.17.